The van der Waals surface area contributed by atoms with Crippen molar-refractivity contribution >= 4 is 11.1 Å². The van der Waals surface area contributed by atoms with E-state index in [1.807, 2.05) is 43.3 Å². The Morgan fingerprint density at radius 1 is 1.14 bits per heavy atom. The van der Waals surface area contributed by atoms with Crippen molar-refractivity contribution < 1.29 is 13.9 Å². The number of hydrogen-bond acceptors (Lipinski definition) is 4. The Kier molecular flexibility index (Phi) is 3.87. The molecule has 5 nitrogen and oxygen atoms in total. The molecule has 0 aliphatic carbocycles. The number of ether oxygens (including phenoxy) is 2. The molecular weight excluding hydrogens is 282 g/mol. The highest BCUT2D eigenvalue weighted by Gasteiger charge is 2.11. The van der Waals surface area contributed by atoms with E-state index in [4.69, 9.17) is 13.9 Å². The van der Waals surface area contributed by atoms with E-state index >= 15 is 0 Å². The second kappa shape index (κ2) is 5.97. The average molecular weight is 299 g/mol. The van der Waals surface area contributed by atoms with Crippen molar-refractivity contribution in [3.05, 3.63) is 58.6 Å². The summed E-state index contributed by atoms with van der Waals surface area (Å²) in [5.74, 6) is 0.979. The maximum absolute atomic E-state index is 12.0. The van der Waals surface area contributed by atoms with Gasteiger partial charge in [0.1, 0.15) is 0 Å². The van der Waals surface area contributed by atoms with Crippen LogP contribution in [-0.4, -0.2) is 18.3 Å². The summed E-state index contributed by atoms with van der Waals surface area (Å²) in [5, 5.41) is 0. The van der Waals surface area contributed by atoms with Gasteiger partial charge in [0.15, 0.2) is 17.1 Å². The van der Waals surface area contributed by atoms with Gasteiger partial charge in [-0.2, -0.15) is 0 Å². The van der Waals surface area contributed by atoms with Gasteiger partial charge in [-0.15, -0.1) is 0 Å². The molecule has 3 aromatic rings. The van der Waals surface area contributed by atoms with Gasteiger partial charge in [-0.25, -0.2) is 4.79 Å². The highest BCUT2D eigenvalue weighted by molar-refractivity contribution is 5.72. The van der Waals surface area contributed by atoms with Crippen LogP contribution in [0.5, 0.6) is 11.5 Å². The van der Waals surface area contributed by atoms with E-state index in [1.54, 1.807) is 17.7 Å². The first-order valence-corrected chi connectivity index (χ1v) is 7.11. The zero-order valence-corrected chi connectivity index (χ0v) is 12.5. The van der Waals surface area contributed by atoms with Gasteiger partial charge in [0.2, 0.25) is 0 Å². The summed E-state index contributed by atoms with van der Waals surface area (Å²) < 4.78 is 17.7. The van der Waals surface area contributed by atoms with Crippen LogP contribution in [0.1, 0.15) is 12.5 Å². The van der Waals surface area contributed by atoms with E-state index in [0.717, 1.165) is 11.1 Å². The summed E-state index contributed by atoms with van der Waals surface area (Å²) >= 11 is 0. The predicted octanol–water partition coefficient (Wildman–Crippen LogP) is 3.05. The van der Waals surface area contributed by atoms with Crippen molar-refractivity contribution in [2.45, 2.75) is 13.5 Å². The molecule has 0 spiro atoms. The minimum absolute atomic E-state index is 0.367. The number of hydrogen-bond donors (Lipinski definition) is 0. The maximum atomic E-state index is 12.0. The first-order chi connectivity index (χ1) is 10.7. The quantitative estimate of drug-likeness (QED) is 0.726. The van der Waals surface area contributed by atoms with Crippen LogP contribution in [-0.2, 0) is 6.54 Å². The SMILES string of the molecule is CCOc1ccc(Cn2c(=O)oc3ccccc32)cc1OC. The lowest BCUT2D eigenvalue weighted by molar-refractivity contribution is 0.310. The summed E-state index contributed by atoms with van der Waals surface area (Å²) in [4.78, 5) is 12.0. The minimum atomic E-state index is -0.367. The van der Waals surface area contributed by atoms with Crippen molar-refractivity contribution in [1.29, 1.82) is 0 Å². The molecule has 0 atom stereocenters. The topological polar surface area (TPSA) is 53.6 Å². The Morgan fingerprint density at radius 3 is 2.73 bits per heavy atom. The Hall–Kier alpha value is -2.69. The average Bonchev–Trinajstić information content (AvgIpc) is 2.85. The molecule has 0 saturated carbocycles. The van der Waals surface area contributed by atoms with Crippen LogP contribution in [0.4, 0.5) is 0 Å². The molecule has 0 aliphatic rings. The van der Waals surface area contributed by atoms with Crippen molar-refractivity contribution in [2.75, 3.05) is 13.7 Å². The van der Waals surface area contributed by atoms with E-state index in [9.17, 15) is 4.79 Å². The molecule has 0 saturated heterocycles. The van der Waals surface area contributed by atoms with E-state index in [1.165, 1.54) is 0 Å². The molecule has 0 amide bonds. The normalized spacial score (nSPS) is 10.8. The fraction of sp³-hybridized carbons (Fsp3) is 0.235. The smallest absolute Gasteiger partial charge is 0.420 e. The number of benzene rings is 2. The number of methoxy groups -OCH3 is 1. The van der Waals surface area contributed by atoms with Crippen LogP contribution >= 0.6 is 0 Å². The number of para-hydroxylation sites is 2. The van der Waals surface area contributed by atoms with Crippen molar-refractivity contribution in [3.63, 3.8) is 0 Å². The highest BCUT2D eigenvalue weighted by atomic mass is 16.5. The fourth-order valence-electron chi connectivity index (χ4n) is 2.43. The van der Waals surface area contributed by atoms with Gasteiger partial charge in [0.05, 0.1) is 25.8 Å². The van der Waals surface area contributed by atoms with Gasteiger partial charge in [0, 0.05) is 0 Å². The molecule has 2 aromatic carbocycles. The van der Waals surface area contributed by atoms with E-state index < -0.39 is 0 Å². The highest BCUT2D eigenvalue weighted by Crippen LogP contribution is 2.28. The Morgan fingerprint density at radius 2 is 1.95 bits per heavy atom. The third kappa shape index (κ3) is 2.57. The lowest BCUT2D eigenvalue weighted by atomic mass is 10.2. The maximum Gasteiger partial charge on any atom is 0.420 e. The van der Waals surface area contributed by atoms with Gasteiger partial charge in [-0.05, 0) is 36.8 Å². The number of aromatic nitrogens is 1. The van der Waals surface area contributed by atoms with Crippen molar-refractivity contribution in [1.82, 2.24) is 4.57 Å². The minimum Gasteiger partial charge on any atom is -0.493 e. The van der Waals surface area contributed by atoms with Gasteiger partial charge < -0.3 is 13.9 Å². The summed E-state index contributed by atoms with van der Waals surface area (Å²) in [5.41, 5.74) is 2.31. The lowest BCUT2D eigenvalue weighted by Crippen LogP contribution is -2.14. The standard InChI is InChI=1S/C17H17NO4/c1-3-21-15-9-8-12(10-16(15)20-2)11-18-13-6-4-5-7-14(13)22-17(18)19/h4-10H,3,11H2,1-2H3. The Labute approximate surface area is 127 Å². The fourth-order valence-corrected chi connectivity index (χ4v) is 2.43. The van der Waals surface area contributed by atoms with E-state index in [0.29, 0.717) is 30.2 Å². The molecule has 0 radical (unpaired) electrons. The summed E-state index contributed by atoms with van der Waals surface area (Å²) in [6.45, 7) is 2.91. The van der Waals surface area contributed by atoms with Crippen LogP contribution in [0.25, 0.3) is 11.1 Å². The molecule has 3 rings (SSSR count). The first-order valence-electron chi connectivity index (χ1n) is 7.11. The van der Waals surface area contributed by atoms with Crippen LogP contribution in [0.2, 0.25) is 0 Å². The van der Waals surface area contributed by atoms with Gasteiger partial charge in [-0.1, -0.05) is 18.2 Å². The Bertz CT molecular complexity index is 847. The number of oxazole rings is 1. The lowest BCUT2D eigenvalue weighted by Gasteiger charge is -2.11. The molecule has 5 heteroatoms. The molecule has 1 aromatic heterocycles. The molecule has 0 unspecified atom stereocenters. The Balaban J connectivity index is 1.98. The molecule has 0 N–H and O–H groups in total. The molecule has 22 heavy (non-hydrogen) atoms. The second-order valence-corrected chi connectivity index (χ2v) is 4.84. The third-order valence-electron chi connectivity index (χ3n) is 3.44. The van der Waals surface area contributed by atoms with Gasteiger partial charge in [0.25, 0.3) is 0 Å². The van der Waals surface area contributed by atoms with Gasteiger partial charge in [-0.3, -0.25) is 4.57 Å². The van der Waals surface area contributed by atoms with Crippen LogP contribution in [0.15, 0.2) is 51.7 Å². The number of nitrogens with zero attached hydrogens (tertiary/aromatic N) is 1. The number of fused-ring (bicyclic) bond motifs is 1. The second-order valence-electron chi connectivity index (χ2n) is 4.84. The van der Waals surface area contributed by atoms with Crippen molar-refractivity contribution in [2.24, 2.45) is 0 Å². The predicted molar refractivity (Wildman–Crippen MR) is 83.7 cm³/mol. The monoisotopic (exact) mass is 299 g/mol. The first kappa shape index (κ1) is 14.3. The van der Waals surface area contributed by atoms with Crippen LogP contribution < -0.4 is 15.2 Å². The molecule has 0 aliphatic heterocycles. The summed E-state index contributed by atoms with van der Waals surface area (Å²) in [7, 11) is 1.60. The third-order valence-corrected chi connectivity index (χ3v) is 3.44. The van der Waals surface area contributed by atoms with E-state index in [2.05, 4.69) is 0 Å². The molecule has 0 bridgehead atoms. The molecule has 114 valence electrons. The zero-order valence-electron chi connectivity index (χ0n) is 12.5. The molecule has 1 heterocycles. The van der Waals surface area contributed by atoms with Crippen LogP contribution in [0.3, 0.4) is 0 Å². The summed E-state index contributed by atoms with van der Waals surface area (Å²) in [6, 6.07) is 13.0. The summed E-state index contributed by atoms with van der Waals surface area (Å²) in [6.07, 6.45) is 0. The zero-order chi connectivity index (χ0) is 15.5. The van der Waals surface area contributed by atoms with Gasteiger partial charge >= 0.3 is 5.76 Å². The van der Waals surface area contributed by atoms with Crippen molar-refractivity contribution in [3.8, 4) is 11.5 Å². The molecule has 0 fully saturated rings. The largest absolute Gasteiger partial charge is 0.493 e. The molecular formula is C17H17NO4. The van der Waals surface area contributed by atoms with E-state index in [-0.39, 0.29) is 5.76 Å². The number of rotatable bonds is 5. The van der Waals surface area contributed by atoms with Crippen LogP contribution in [0, 0.1) is 0 Å².